The molecule has 6 nitrogen and oxygen atoms in total. The number of carboxylic acid groups (broad SMARTS) is 1. The summed E-state index contributed by atoms with van der Waals surface area (Å²) in [4.78, 5) is 49.8. The molecule has 10 heteroatoms. The molecule has 4 aromatic rings. The van der Waals surface area contributed by atoms with Gasteiger partial charge in [-0.3, -0.25) is 19.2 Å². The first-order valence-electron chi connectivity index (χ1n) is 12.9. The van der Waals surface area contributed by atoms with Crippen molar-refractivity contribution < 1.29 is 37.5 Å². The second-order valence-corrected chi connectivity index (χ2v) is 10.4. The van der Waals surface area contributed by atoms with E-state index >= 15 is 0 Å². The Morgan fingerprint density at radius 1 is 0.698 bits per heavy atom. The van der Waals surface area contributed by atoms with Gasteiger partial charge in [-0.15, -0.1) is 0 Å². The second-order valence-electron chi connectivity index (χ2n) is 9.24. The van der Waals surface area contributed by atoms with Gasteiger partial charge in [-0.1, -0.05) is 66.7 Å². The third-order valence-corrected chi connectivity index (χ3v) is 6.97. The minimum absolute atomic E-state index is 0.0528. The molecule has 43 heavy (non-hydrogen) atoms. The predicted octanol–water partition coefficient (Wildman–Crippen LogP) is 7.32. The van der Waals surface area contributed by atoms with Crippen LogP contribution in [-0.2, 0) is 4.79 Å². The lowest BCUT2D eigenvalue weighted by atomic mass is 9.92. The van der Waals surface area contributed by atoms with Gasteiger partial charge in [0.2, 0.25) is 0 Å². The van der Waals surface area contributed by atoms with Crippen LogP contribution in [0.3, 0.4) is 0 Å². The normalized spacial score (nSPS) is 11.6. The number of nitrogens with one attached hydrogen (secondary N) is 1. The summed E-state index contributed by atoms with van der Waals surface area (Å²) in [5.41, 5.74) is -1.63. The highest BCUT2D eigenvalue weighted by atomic mass is 32.2. The van der Waals surface area contributed by atoms with Gasteiger partial charge in [0.25, 0.3) is 5.91 Å². The van der Waals surface area contributed by atoms with Crippen LogP contribution in [0.25, 0.3) is 16.7 Å². The van der Waals surface area contributed by atoms with Crippen molar-refractivity contribution in [3.8, 4) is 11.1 Å². The molecule has 0 aliphatic heterocycles. The maximum absolute atomic E-state index is 13.7. The maximum atomic E-state index is 13.7. The zero-order chi connectivity index (χ0) is 31.0. The number of carboxylic acids is 1. The van der Waals surface area contributed by atoms with Crippen LogP contribution in [-0.4, -0.2) is 40.6 Å². The molecule has 218 valence electrons. The van der Waals surface area contributed by atoms with Gasteiger partial charge in [-0.25, -0.2) is 0 Å². The molecule has 0 aliphatic rings. The molecule has 0 heterocycles. The lowest BCUT2D eigenvalue weighted by Crippen LogP contribution is -2.26. The first kappa shape index (κ1) is 31.0. The van der Waals surface area contributed by atoms with Crippen molar-refractivity contribution in [2.45, 2.75) is 16.8 Å². The van der Waals surface area contributed by atoms with Gasteiger partial charge < -0.3 is 10.4 Å². The first-order valence-corrected chi connectivity index (χ1v) is 13.7. The molecule has 0 bridgehead atoms. The number of allylic oxidation sites excluding steroid dienone is 2. The predicted molar refractivity (Wildman–Crippen MR) is 158 cm³/mol. The third-order valence-electron chi connectivity index (χ3n) is 6.23. The van der Waals surface area contributed by atoms with Crippen LogP contribution < -0.4 is 5.32 Å². The molecule has 0 aliphatic carbocycles. The van der Waals surface area contributed by atoms with Crippen molar-refractivity contribution in [3.05, 3.63) is 131 Å². The summed E-state index contributed by atoms with van der Waals surface area (Å²) in [6.45, 7) is -0.0569. The molecule has 0 fully saturated rings. The number of alkyl halides is 3. The molecule has 2 N–H and O–H groups in total. The zero-order valence-corrected chi connectivity index (χ0v) is 23.2. The van der Waals surface area contributed by atoms with E-state index in [9.17, 15) is 32.3 Å². The molecular weight excluding hydrogens is 579 g/mol. The Bertz CT molecular complexity index is 1650. The van der Waals surface area contributed by atoms with Crippen LogP contribution in [0.15, 0.2) is 114 Å². The van der Waals surface area contributed by atoms with Crippen molar-refractivity contribution in [1.82, 2.24) is 5.32 Å². The summed E-state index contributed by atoms with van der Waals surface area (Å²) in [7, 11) is 0. The number of aliphatic carboxylic acids is 1. The van der Waals surface area contributed by atoms with Crippen molar-refractivity contribution >= 4 is 40.8 Å². The van der Waals surface area contributed by atoms with E-state index in [1.807, 2.05) is 42.5 Å². The van der Waals surface area contributed by atoms with E-state index in [1.54, 1.807) is 12.1 Å². The number of halogens is 3. The van der Waals surface area contributed by atoms with Crippen LogP contribution in [0.4, 0.5) is 13.2 Å². The highest BCUT2D eigenvalue weighted by molar-refractivity contribution is 8.00. The molecule has 0 aromatic heterocycles. The Hall–Kier alpha value is -4.96. The van der Waals surface area contributed by atoms with Gasteiger partial charge in [0, 0.05) is 33.7 Å². The number of benzene rings is 4. The van der Waals surface area contributed by atoms with Crippen molar-refractivity contribution in [2.75, 3.05) is 6.54 Å². The quantitative estimate of drug-likeness (QED) is 0.106. The molecule has 0 radical (unpaired) electrons. The number of hydrogen-bond donors (Lipinski definition) is 2. The SMILES string of the molecule is O=C(O)CCNC(=O)c1ccc(C(=O)/C(=C\C(=O)c2ccc(SC(F)(F)F)cc2)c2ccc(-c3ccccc3)cc2)cc1. The first-order chi connectivity index (χ1) is 20.5. The monoisotopic (exact) mass is 603 g/mol. The van der Waals surface area contributed by atoms with E-state index in [-0.39, 0.29) is 51.9 Å². The Balaban J connectivity index is 1.63. The number of thioether (sulfide) groups is 1. The van der Waals surface area contributed by atoms with Crippen LogP contribution in [0.5, 0.6) is 0 Å². The minimum Gasteiger partial charge on any atom is -0.481 e. The van der Waals surface area contributed by atoms with Gasteiger partial charge >= 0.3 is 11.5 Å². The van der Waals surface area contributed by atoms with Gasteiger partial charge in [0.1, 0.15) is 0 Å². The van der Waals surface area contributed by atoms with Crippen LogP contribution in [0, 0.1) is 0 Å². The number of carbonyl (C=O) groups excluding carboxylic acids is 3. The summed E-state index contributed by atoms with van der Waals surface area (Å²) in [5.74, 6) is -2.64. The fraction of sp³-hybridized carbons (Fsp3) is 0.0909. The zero-order valence-electron chi connectivity index (χ0n) is 22.4. The van der Waals surface area contributed by atoms with Crippen LogP contribution in [0.1, 0.15) is 43.1 Å². The second kappa shape index (κ2) is 13.8. The Labute approximate surface area is 249 Å². The van der Waals surface area contributed by atoms with E-state index in [2.05, 4.69) is 5.32 Å². The Morgan fingerprint density at radius 2 is 1.23 bits per heavy atom. The summed E-state index contributed by atoms with van der Waals surface area (Å²) >= 11 is -0.293. The van der Waals surface area contributed by atoms with E-state index in [0.717, 1.165) is 17.2 Å². The number of hydrogen-bond acceptors (Lipinski definition) is 5. The molecule has 0 saturated carbocycles. The van der Waals surface area contributed by atoms with E-state index < -0.39 is 29.0 Å². The molecule has 4 rings (SSSR count). The Kier molecular flexibility index (Phi) is 9.95. The number of amides is 1. The molecule has 0 atom stereocenters. The topological polar surface area (TPSA) is 101 Å². The largest absolute Gasteiger partial charge is 0.481 e. The molecular formula is C33H24F3NO5S. The molecule has 0 unspecified atom stereocenters. The molecule has 0 spiro atoms. The average molecular weight is 604 g/mol. The molecule has 4 aromatic carbocycles. The molecule has 0 saturated heterocycles. The summed E-state index contributed by atoms with van der Waals surface area (Å²) < 4.78 is 38.1. The highest BCUT2D eigenvalue weighted by Gasteiger charge is 2.29. The number of Topliss-reactive ketones (excluding diaryl/α,β-unsaturated/α-hetero) is 1. The molecule has 1 amide bonds. The standard InChI is InChI=1S/C33H24F3NO5S/c34-33(35,36)43-27-16-14-24(15-17-27)29(38)20-28(23-8-6-22(7-9-23)21-4-2-1-3-5-21)31(41)25-10-12-26(13-11-25)32(42)37-19-18-30(39)40/h1-17,20H,18-19H2,(H,37,42)(H,39,40)/b28-20-. The number of ketones is 2. The smallest absolute Gasteiger partial charge is 0.446 e. The summed E-state index contributed by atoms with van der Waals surface area (Å²) in [6, 6.07) is 27.2. The summed E-state index contributed by atoms with van der Waals surface area (Å²) in [6.07, 6.45) is 0.912. The van der Waals surface area contributed by atoms with Crippen LogP contribution in [0.2, 0.25) is 0 Å². The summed E-state index contributed by atoms with van der Waals surface area (Å²) in [5, 5.41) is 11.2. The number of rotatable bonds is 11. The average Bonchev–Trinajstić information content (AvgIpc) is 2.99. The van der Waals surface area contributed by atoms with Crippen molar-refractivity contribution in [3.63, 3.8) is 0 Å². The van der Waals surface area contributed by atoms with Crippen molar-refractivity contribution in [1.29, 1.82) is 0 Å². The lowest BCUT2D eigenvalue weighted by molar-refractivity contribution is -0.136. The van der Waals surface area contributed by atoms with Gasteiger partial charge in [-0.05, 0) is 70.9 Å². The fourth-order valence-electron chi connectivity index (χ4n) is 4.10. The minimum atomic E-state index is -4.47. The van der Waals surface area contributed by atoms with Gasteiger partial charge in [0.15, 0.2) is 11.6 Å². The van der Waals surface area contributed by atoms with Gasteiger partial charge in [-0.2, -0.15) is 13.2 Å². The maximum Gasteiger partial charge on any atom is 0.446 e. The van der Waals surface area contributed by atoms with E-state index in [1.165, 1.54) is 48.5 Å². The lowest BCUT2D eigenvalue weighted by Gasteiger charge is -2.10. The third kappa shape index (κ3) is 8.76. The van der Waals surface area contributed by atoms with E-state index in [0.29, 0.717) is 5.56 Å². The van der Waals surface area contributed by atoms with E-state index in [4.69, 9.17) is 5.11 Å². The van der Waals surface area contributed by atoms with Crippen molar-refractivity contribution in [2.24, 2.45) is 0 Å². The Morgan fingerprint density at radius 3 is 1.81 bits per heavy atom. The van der Waals surface area contributed by atoms with Gasteiger partial charge in [0.05, 0.1) is 6.42 Å². The number of carbonyl (C=O) groups is 4. The highest BCUT2D eigenvalue weighted by Crippen LogP contribution is 2.36. The van der Waals surface area contributed by atoms with Crippen LogP contribution >= 0.6 is 11.8 Å². The fourth-order valence-corrected chi connectivity index (χ4v) is 4.64.